The molecule has 128 valence electrons. The van der Waals surface area contributed by atoms with Crippen molar-refractivity contribution in [3.8, 4) is 11.5 Å². The SMILES string of the molecule is COc1cc(/C=C2\C(=O)N(c3ccccc3)N=C2C)cc(Br)c1OC. The summed E-state index contributed by atoms with van der Waals surface area (Å²) in [5.41, 5.74) is 2.77. The van der Waals surface area contributed by atoms with Gasteiger partial charge in [-0.3, -0.25) is 4.79 Å². The predicted octanol–water partition coefficient (Wildman–Crippen LogP) is 4.27. The Kier molecular flexibility index (Phi) is 4.90. The van der Waals surface area contributed by atoms with Crippen LogP contribution in [0.15, 0.2) is 57.6 Å². The number of benzene rings is 2. The van der Waals surface area contributed by atoms with Crippen LogP contribution >= 0.6 is 15.9 Å². The van der Waals surface area contributed by atoms with Gasteiger partial charge in [-0.25, -0.2) is 0 Å². The minimum absolute atomic E-state index is 0.158. The van der Waals surface area contributed by atoms with Gasteiger partial charge in [-0.1, -0.05) is 18.2 Å². The van der Waals surface area contributed by atoms with E-state index >= 15 is 0 Å². The molecule has 1 heterocycles. The first kappa shape index (κ1) is 17.2. The molecule has 5 nitrogen and oxygen atoms in total. The van der Waals surface area contributed by atoms with Crippen molar-refractivity contribution < 1.29 is 14.3 Å². The molecule has 1 aliphatic rings. The summed E-state index contributed by atoms with van der Waals surface area (Å²) in [5.74, 6) is 1.04. The Morgan fingerprint density at radius 2 is 1.84 bits per heavy atom. The quantitative estimate of drug-likeness (QED) is 0.719. The first-order valence-corrected chi connectivity index (χ1v) is 8.42. The first-order chi connectivity index (χ1) is 12.0. The van der Waals surface area contributed by atoms with Gasteiger partial charge in [0.05, 0.1) is 35.7 Å². The standard InChI is InChI=1S/C19H17BrN2O3/c1-12-15(19(23)22(21-12)14-7-5-4-6-8-14)9-13-10-16(20)18(25-3)17(11-13)24-2/h4-11H,1-3H3/b15-9-. The summed E-state index contributed by atoms with van der Waals surface area (Å²) in [6.07, 6.45) is 1.80. The van der Waals surface area contributed by atoms with E-state index in [-0.39, 0.29) is 5.91 Å². The molecule has 6 heteroatoms. The van der Waals surface area contributed by atoms with Gasteiger partial charge in [-0.15, -0.1) is 0 Å². The van der Waals surface area contributed by atoms with E-state index in [4.69, 9.17) is 9.47 Å². The van der Waals surface area contributed by atoms with Gasteiger partial charge >= 0.3 is 0 Å². The Morgan fingerprint density at radius 1 is 1.12 bits per heavy atom. The third-order valence-electron chi connectivity index (χ3n) is 3.83. The maximum absolute atomic E-state index is 12.8. The summed E-state index contributed by atoms with van der Waals surface area (Å²) in [4.78, 5) is 12.8. The number of carbonyl (C=O) groups is 1. The molecule has 0 saturated heterocycles. The molecule has 0 atom stereocenters. The number of hydrogen-bond donors (Lipinski definition) is 0. The maximum Gasteiger partial charge on any atom is 0.280 e. The van der Waals surface area contributed by atoms with E-state index in [1.165, 1.54) is 5.01 Å². The highest BCUT2D eigenvalue weighted by Gasteiger charge is 2.28. The van der Waals surface area contributed by atoms with Crippen molar-refractivity contribution in [3.05, 3.63) is 58.1 Å². The van der Waals surface area contributed by atoms with Crippen molar-refractivity contribution in [1.29, 1.82) is 0 Å². The van der Waals surface area contributed by atoms with Crippen LogP contribution in [0.1, 0.15) is 12.5 Å². The molecule has 1 amide bonds. The third kappa shape index (κ3) is 3.30. The fourth-order valence-electron chi connectivity index (χ4n) is 2.62. The molecule has 0 aliphatic carbocycles. The first-order valence-electron chi connectivity index (χ1n) is 7.63. The van der Waals surface area contributed by atoms with Crippen LogP contribution in [-0.2, 0) is 4.79 Å². The van der Waals surface area contributed by atoms with Crippen LogP contribution in [0.25, 0.3) is 6.08 Å². The van der Waals surface area contributed by atoms with Crippen molar-refractivity contribution in [2.75, 3.05) is 19.2 Å². The Hall–Kier alpha value is -2.60. The van der Waals surface area contributed by atoms with Crippen LogP contribution in [0.2, 0.25) is 0 Å². The summed E-state index contributed by atoms with van der Waals surface area (Å²) in [7, 11) is 3.15. The fraction of sp³-hybridized carbons (Fsp3) is 0.158. The lowest BCUT2D eigenvalue weighted by Crippen LogP contribution is -2.21. The maximum atomic E-state index is 12.8. The molecule has 0 N–H and O–H groups in total. The van der Waals surface area contributed by atoms with Crippen molar-refractivity contribution in [3.63, 3.8) is 0 Å². The van der Waals surface area contributed by atoms with Crippen molar-refractivity contribution in [2.45, 2.75) is 6.92 Å². The summed E-state index contributed by atoms with van der Waals surface area (Å²) >= 11 is 3.47. The zero-order valence-corrected chi connectivity index (χ0v) is 15.7. The number of halogens is 1. The van der Waals surface area contributed by atoms with Crippen LogP contribution in [0.5, 0.6) is 11.5 Å². The van der Waals surface area contributed by atoms with Crippen LogP contribution < -0.4 is 14.5 Å². The number of anilines is 1. The van der Waals surface area contributed by atoms with E-state index in [9.17, 15) is 4.79 Å². The molecule has 0 saturated carbocycles. The Labute approximate surface area is 154 Å². The zero-order chi connectivity index (χ0) is 18.0. The number of ether oxygens (including phenoxy) is 2. The highest BCUT2D eigenvalue weighted by atomic mass is 79.9. The second-order valence-electron chi connectivity index (χ2n) is 5.43. The molecule has 25 heavy (non-hydrogen) atoms. The van der Waals surface area contributed by atoms with Gasteiger partial charge in [0.1, 0.15) is 0 Å². The molecule has 1 aliphatic heterocycles. The smallest absolute Gasteiger partial charge is 0.280 e. The number of methoxy groups -OCH3 is 2. The van der Waals surface area contributed by atoms with Crippen molar-refractivity contribution in [2.24, 2.45) is 5.10 Å². The number of rotatable bonds is 4. The van der Waals surface area contributed by atoms with Crippen LogP contribution in [0.4, 0.5) is 5.69 Å². The highest BCUT2D eigenvalue weighted by Crippen LogP contribution is 2.37. The van der Waals surface area contributed by atoms with Gasteiger partial charge in [-0.2, -0.15) is 10.1 Å². The lowest BCUT2D eigenvalue weighted by Gasteiger charge is -2.12. The second kappa shape index (κ2) is 7.11. The molecule has 0 fully saturated rings. The van der Waals surface area contributed by atoms with E-state index in [2.05, 4.69) is 21.0 Å². The Balaban J connectivity index is 1.99. The molecular weight excluding hydrogens is 384 g/mol. The number of nitrogens with zero attached hydrogens (tertiary/aromatic N) is 2. The van der Waals surface area contributed by atoms with E-state index < -0.39 is 0 Å². The summed E-state index contributed by atoms with van der Waals surface area (Å²) in [6, 6.07) is 13.1. The minimum atomic E-state index is -0.158. The number of hydrazone groups is 1. The van der Waals surface area contributed by atoms with Crippen molar-refractivity contribution >= 4 is 39.3 Å². The van der Waals surface area contributed by atoms with Gasteiger partial charge in [0, 0.05) is 0 Å². The molecule has 2 aromatic carbocycles. The predicted molar refractivity (Wildman–Crippen MR) is 102 cm³/mol. The molecule has 0 aromatic heterocycles. The second-order valence-corrected chi connectivity index (χ2v) is 6.29. The summed E-state index contributed by atoms with van der Waals surface area (Å²) in [5, 5.41) is 5.79. The van der Waals surface area contributed by atoms with E-state index in [1.54, 1.807) is 20.3 Å². The van der Waals surface area contributed by atoms with Crippen LogP contribution in [0.3, 0.4) is 0 Å². The molecule has 3 rings (SSSR count). The topological polar surface area (TPSA) is 51.1 Å². The highest BCUT2D eigenvalue weighted by molar-refractivity contribution is 9.10. The number of carbonyl (C=O) groups excluding carboxylic acids is 1. The zero-order valence-electron chi connectivity index (χ0n) is 14.1. The molecule has 0 unspecified atom stereocenters. The number of para-hydroxylation sites is 1. The Bertz CT molecular complexity index is 876. The largest absolute Gasteiger partial charge is 0.493 e. The monoisotopic (exact) mass is 400 g/mol. The third-order valence-corrected chi connectivity index (χ3v) is 4.42. The normalized spacial score (nSPS) is 15.5. The van der Waals surface area contributed by atoms with Crippen molar-refractivity contribution in [1.82, 2.24) is 0 Å². The molecule has 0 radical (unpaired) electrons. The molecular formula is C19H17BrN2O3. The van der Waals surface area contributed by atoms with Crippen LogP contribution in [-0.4, -0.2) is 25.8 Å². The van der Waals surface area contributed by atoms with Gasteiger partial charge in [0.25, 0.3) is 5.91 Å². The Morgan fingerprint density at radius 3 is 2.48 bits per heavy atom. The van der Waals surface area contributed by atoms with Gasteiger partial charge in [0.15, 0.2) is 11.5 Å². The summed E-state index contributed by atoms with van der Waals surface area (Å²) < 4.78 is 11.4. The number of amides is 1. The van der Waals surface area contributed by atoms with Crippen LogP contribution in [0, 0.1) is 0 Å². The van der Waals surface area contributed by atoms with E-state index in [0.717, 1.165) is 15.7 Å². The molecule has 0 spiro atoms. The molecule has 0 bridgehead atoms. The lowest BCUT2D eigenvalue weighted by molar-refractivity contribution is -0.114. The van der Waals surface area contributed by atoms with E-state index in [0.29, 0.717) is 22.8 Å². The van der Waals surface area contributed by atoms with Gasteiger partial charge in [-0.05, 0) is 58.8 Å². The van der Waals surface area contributed by atoms with E-state index in [1.807, 2.05) is 49.4 Å². The number of hydrogen-bond acceptors (Lipinski definition) is 4. The lowest BCUT2D eigenvalue weighted by atomic mass is 10.1. The summed E-state index contributed by atoms with van der Waals surface area (Å²) in [6.45, 7) is 1.82. The van der Waals surface area contributed by atoms with Gasteiger partial charge in [0.2, 0.25) is 0 Å². The van der Waals surface area contributed by atoms with Gasteiger partial charge < -0.3 is 9.47 Å². The fourth-order valence-corrected chi connectivity index (χ4v) is 3.24. The minimum Gasteiger partial charge on any atom is -0.493 e. The average Bonchev–Trinajstić information content (AvgIpc) is 2.90. The average molecular weight is 401 g/mol. The molecule has 2 aromatic rings.